The Morgan fingerprint density at radius 3 is 2.55 bits per heavy atom. The third-order valence-corrected chi connectivity index (χ3v) is 7.34. The largest absolute Gasteiger partial charge is 0.473 e. The van der Waals surface area contributed by atoms with Crippen LogP contribution in [0.4, 0.5) is 0 Å². The van der Waals surface area contributed by atoms with Crippen molar-refractivity contribution < 1.29 is 13.2 Å². The van der Waals surface area contributed by atoms with E-state index in [1.165, 1.54) is 4.31 Å². The molecule has 2 aromatic heterocycles. The Hall–Kier alpha value is -2.49. The van der Waals surface area contributed by atoms with E-state index in [1.807, 2.05) is 0 Å². The summed E-state index contributed by atoms with van der Waals surface area (Å²) in [4.78, 5) is 0.254. The molecule has 10 heteroatoms. The predicted octanol–water partition coefficient (Wildman–Crippen LogP) is 2.86. The number of sulfonamides is 1. The minimum atomic E-state index is -3.59. The summed E-state index contributed by atoms with van der Waals surface area (Å²) in [5.74, 6) is 1.01. The molecule has 4 rings (SSSR count). The quantitative estimate of drug-likeness (QED) is 0.614. The van der Waals surface area contributed by atoms with Gasteiger partial charge in [-0.1, -0.05) is 17.7 Å². The first-order valence-electron chi connectivity index (χ1n) is 9.21. The second kappa shape index (κ2) is 8.10. The number of nitrogens with zero attached hydrogens (tertiary/aromatic N) is 5. The highest BCUT2D eigenvalue weighted by Gasteiger charge is 2.31. The van der Waals surface area contributed by atoms with E-state index in [4.69, 9.17) is 16.3 Å². The van der Waals surface area contributed by atoms with Crippen LogP contribution in [0, 0.1) is 6.92 Å². The van der Waals surface area contributed by atoms with Crippen LogP contribution in [0.15, 0.2) is 53.7 Å². The Bertz CT molecular complexity index is 1080. The summed E-state index contributed by atoms with van der Waals surface area (Å²) >= 11 is 6.09. The molecule has 0 amide bonds. The van der Waals surface area contributed by atoms with Crippen molar-refractivity contribution in [1.82, 2.24) is 24.3 Å². The lowest BCUT2D eigenvalue weighted by atomic mass is 10.1. The molecule has 1 aliphatic rings. The summed E-state index contributed by atoms with van der Waals surface area (Å²) in [5.41, 5.74) is 0.570. The van der Waals surface area contributed by atoms with Gasteiger partial charge < -0.3 is 4.74 Å². The van der Waals surface area contributed by atoms with E-state index in [9.17, 15) is 8.42 Å². The molecular weight excluding hydrogens is 414 g/mol. The molecular formula is C19H20ClN5O3S. The second-order valence-electron chi connectivity index (χ2n) is 6.76. The van der Waals surface area contributed by atoms with Crippen molar-refractivity contribution in [3.8, 4) is 11.7 Å². The molecule has 1 aromatic carbocycles. The number of halogens is 1. The van der Waals surface area contributed by atoms with Crippen LogP contribution in [0.5, 0.6) is 5.88 Å². The van der Waals surface area contributed by atoms with Crippen molar-refractivity contribution >= 4 is 21.6 Å². The predicted molar refractivity (Wildman–Crippen MR) is 108 cm³/mol. The smallest absolute Gasteiger partial charge is 0.243 e. The van der Waals surface area contributed by atoms with Gasteiger partial charge in [0.05, 0.1) is 4.90 Å². The van der Waals surface area contributed by atoms with Crippen LogP contribution in [-0.4, -0.2) is 51.9 Å². The van der Waals surface area contributed by atoms with Gasteiger partial charge in [0.25, 0.3) is 0 Å². The van der Waals surface area contributed by atoms with Crippen LogP contribution in [0.25, 0.3) is 5.82 Å². The highest BCUT2D eigenvalue weighted by atomic mass is 35.5. The highest BCUT2D eigenvalue weighted by Crippen LogP contribution is 2.28. The van der Waals surface area contributed by atoms with E-state index in [2.05, 4.69) is 15.3 Å². The molecule has 0 radical (unpaired) electrons. The molecule has 0 spiro atoms. The summed E-state index contributed by atoms with van der Waals surface area (Å²) in [7, 11) is -3.59. The van der Waals surface area contributed by atoms with Crippen molar-refractivity contribution in [2.75, 3.05) is 13.1 Å². The van der Waals surface area contributed by atoms with E-state index >= 15 is 0 Å². The Morgan fingerprint density at radius 2 is 1.90 bits per heavy atom. The molecule has 0 saturated carbocycles. The number of benzene rings is 1. The van der Waals surface area contributed by atoms with Crippen molar-refractivity contribution in [1.29, 1.82) is 0 Å². The fraction of sp³-hybridized carbons (Fsp3) is 0.316. The first-order chi connectivity index (χ1) is 13.9. The molecule has 0 aliphatic carbocycles. The Balaban J connectivity index is 1.39. The lowest BCUT2D eigenvalue weighted by molar-refractivity contribution is 0.128. The van der Waals surface area contributed by atoms with Crippen LogP contribution in [0.1, 0.15) is 18.4 Å². The van der Waals surface area contributed by atoms with Gasteiger partial charge in [0, 0.05) is 36.6 Å². The monoisotopic (exact) mass is 433 g/mol. The molecule has 152 valence electrons. The zero-order chi connectivity index (χ0) is 20.4. The summed E-state index contributed by atoms with van der Waals surface area (Å²) < 4.78 is 34.9. The SMILES string of the molecule is Cc1c(Cl)cccc1S(=O)(=O)N1CCC(Oc2ccc(-n3cccn3)nn2)CC1. The van der Waals surface area contributed by atoms with E-state index in [0.29, 0.717) is 48.2 Å². The molecule has 1 aliphatic heterocycles. The average Bonchev–Trinajstić information content (AvgIpc) is 3.26. The topological polar surface area (TPSA) is 90.2 Å². The molecule has 8 nitrogen and oxygen atoms in total. The van der Waals surface area contributed by atoms with Crippen molar-refractivity contribution in [2.24, 2.45) is 0 Å². The number of rotatable bonds is 5. The second-order valence-corrected chi connectivity index (χ2v) is 9.08. The third-order valence-electron chi connectivity index (χ3n) is 4.89. The van der Waals surface area contributed by atoms with Gasteiger partial charge >= 0.3 is 0 Å². The lowest BCUT2D eigenvalue weighted by Crippen LogP contribution is -2.42. The Labute approximate surface area is 174 Å². The first kappa shape index (κ1) is 19.8. The van der Waals surface area contributed by atoms with Gasteiger partial charge in [-0.25, -0.2) is 13.1 Å². The molecule has 0 bridgehead atoms. The van der Waals surface area contributed by atoms with E-state index in [1.54, 1.807) is 60.4 Å². The van der Waals surface area contributed by atoms with Crippen LogP contribution >= 0.6 is 11.6 Å². The van der Waals surface area contributed by atoms with Gasteiger partial charge in [-0.15, -0.1) is 10.2 Å². The third kappa shape index (κ3) is 4.12. The highest BCUT2D eigenvalue weighted by molar-refractivity contribution is 7.89. The maximum Gasteiger partial charge on any atom is 0.243 e. The van der Waals surface area contributed by atoms with E-state index in [-0.39, 0.29) is 11.0 Å². The first-order valence-corrected chi connectivity index (χ1v) is 11.0. The van der Waals surface area contributed by atoms with Gasteiger partial charge in [0.1, 0.15) is 6.10 Å². The van der Waals surface area contributed by atoms with Crippen molar-refractivity contribution in [2.45, 2.75) is 30.8 Å². The summed E-state index contributed by atoms with van der Waals surface area (Å²) in [5, 5.41) is 12.7. The standard InChI is InChI=1S/C19H20ClN5O3S/c1-14-16(20)4-2-5-17(14)29(26,27)24-12-8-15(9-13-24)28-19-7-6-18(22-23-19)25-11-3-10-21-25/h2-7,10-11,15H,8-9,12-13H2,1H3. The van der Waals surface area contributed by atoms with Crippen LogP contribution in [-0.2, 0) is 10.0 Å². The fourth-order valence-electron chi connectivity index (χ4n) is 3.27. The van der Waals surface area contributed by atoms with Gasteiger partial charge in [-0.05, 0) is 49.6 Å². The Morgan fingerprint density at radius 1 is 1.10 bits per heavy atom. The minimum Gasteiger partial charge on any atom is -0.473 e. The molecule has 3 heterocycles. The van der Waals surface area contributed by atoms with Gasteiger partial charge in [-0.2, -0.15) is 9.40 Å². The van der Waals surface area contributed by atoms with Gasteiger partial charge in [0.15, 0.2) is 5.82 Å². The zero-order valence-corrected chi connectivity index (χ0v) is 17.3. The molecule has 0 atom stereocenters. The normalized spacial score (nSPS) is 16.1. The maximum absolute atomic E-state index is 13.0. The fourth-order valence-corrected chi connectivity index (χ4v) is 5.22. The number of ether oxygens (including phenoxy) is 1. The minimum absolute atomic E-state index is 0.119. The number of piperidine rings is 1. The molecule has 0 N–H and O–H groups in total. The summed E-state index contributed by atoms with van der Waals surface area (Å²) in [6, 6.07) is 10.3. The average molecular weight is 434 g/mol. The van der Waals surface area contributed by atoms with Gasteiger partial charge in [-0.3, -0.25) is 0 Å². The maximum atomic E-state index is 13.0. The number of hydrogen-bond donors (Lipinski definition) is 0. The molecule has 1 fully saturated rings. The van der Waals surface area contributed by atoms with E-state index < -0.39 is 10.0 Å². The van der Waals surface area contributed by atoms with Crippen LogP contribution in [0.2, 0.25) is 5.02 Å². The molecule has 0 unspecified atom stereocenters. The number of hydrogen-bond acceptors (Lipinski definition) is 6. The number of aromatic nitrogens is 4. The van der Waals surface area contributed by atoms with E-state index in [0.717, 1.165) is 0 Å². The van der Waals surface area contributed by atoms with Crippen molar-refractivity contribution in [3.05, 3.63) is 59.4 Å². The van der Waals surface area contributed by atoms with Crippen LogP contribution in [0.3, 0.4) is 0 Å². The van der Waals surface area contributed by atoms with Gasteiger partial charge in [0.2, 0.25) is 15.9 Å². The summed E-state index contributed by atoms with van der Waals surface area (Å²) in [6.45, 7) is 2.46. The molecule has 29 heavy (non-hydrogen) atoms. The molecule has 1 saturated heterocycles. The zero-order valence-electron chi connectivity index (χ0n) is 15.8. The molecule has 3 aromatic rings. The summed E-state index contributed by atoms with van der Waals surface area (Å²) in [6.07, 6.45) is 4.47. The van der Waals surface area contributed by atoms with Crippen LogP contribution < -0.4 is 4.74 Å². The van der Waals surface area contributed by atoms with Crippen molar-refractivity contribution in [3.63, 3.8) is 0 Å². The lowest BCUT2D eigenvalue weighted by Gasteiger charge is -2.31. The Kier molecular flexibility index (Phi) is 5.53.